The van der Waals surface area contributed by atoms with E-state index in [4.69, 9.17) is 10.5 Å². The largest absolute Gasteiger partial charge is 0.484 e. The Balaban J connectivity index is 1.92. The maximum Gasteiger partial charge on any atom is 0.255 e. The quantitative estimate of drug-likeness (QED) is 0.636. The molecule has 24 heavy (non-hydrogen) atoms. The number of nitrogens with two attached hydrogens (primary N) is 1. The normalized spacial score (nSPS) is 23.9. The molecular formula is C19H26N2O3. The minimum absolute atomic E-state index is 0.0644. The highest BCUT2D eigenvalue weighted by Gasteiger charge is 2.33. The van der Waals surface area contributed by atoms with Crippen LogP contribution in [-0.2, 0) is 11.2 Å². The van der Waals surface area contributed by atoms with Crippen LogP contribution in [-0.4, -0.2) is 29.4 Å². The molecule has 0 bridgehead atoms. The molecule has 5 nitrogen and oxygen atoms in total. The number of allylic oxidation sites excluding steroid dienone is 2. The number of amides is 1. The van der Waals surface area contributed by atoms with E-state index in [-0.39, 0.29) is 18.6 Å². The van der Waals surface area contributed by atoms with Gasteiger partial charge in [0, 0.05) is 12.0 Å². The fourth-order valence-corrected chi connectivity index (χ4v) is 2.95. The van der Waals surface area contributed by atoms with Gasteiger partial charge in [-0.3, -0.25) is 10.1 Å². The van der Waals surface area contributed by atoms with Gasteiger partial charge in [0.2, 0.25) is 0 Å². The summed E-state index contributed by atoms with van der Waals surface area (Å²) in [7, 11) is 0. The number of aliphatic hydroxyl groups is 1. The van der Waals surface area contributed by atoms with Crippen molar-refractivity contribution in [3.63, 3.8) is 0 Å². The number of hydrogen-bond acceptors (Lipinski definition) is 4. The van der Waals surface area contributed by atoms with E-state index in [1.807, 2.05) is 55.5 Å². The monoisotopic (exact) mass is 330 g/mol. The molecule has 4 N–H and O–H groups in total. The molecular weight excluding hydrogens is 304 g/mol. The lowest BCUT2D eigenvalue weighted by Crippen LogP contribution is -2.53. The Morgan fingerprint density at radius 3 is 2.71 bits per heavy atom. The van der Waals surface area contributed by atoms with Crippen molar-refractivity contribution in [2.45, 2.75) is 38.5 Å². The lowest BCUT2D eigenvalue weighted by molar-refractivity contribution is -0.119. The molecule has 0 spiro atoms. The summed E-state index contributed by atoms with van der Waals surface area (Å²) in [6.07, 6.45) is 9.33. The first-order chi connectivity index (χ1) is 11.4. The van der Waals surface area contributed by atoms with Crippen molar-refractivity contribution in [1.29, 1.82) is 0 Å². The van der Waals surface area contributed by atoms with E-state index in [0.717, 1.165) is 18.4 Å². The van der Waals surface area contributed by atoms with E-state index in [1.54, 1.807) is 0 Å². The number of ether oxygens (including phenoxy) is 1. The predicted octanol–water partition coefficient (Wildman–Crippen LogP) is 1.91. The molecule has 3 atom stereocenters. The third kappa shape index (κ3) is 4.94. The number of carbonyl (C=O) groups is 1. The second-order valence-electron chi connectivity index (χ2n) is 6.23. The third-order valence-electron chi connectivity index (χ3n) is 4.13. The highest BCUT2D eigenvalue weighted by molar-refractivity contribution is 5.75. The van der Waals surface area contributed by atoms with Gasteiger partial charge in [-0.05, 0) is 43.5 Å². The van der Waals surface area contributed by atoms with Crippen LogP contribution >= 0.6 is 0 Å². The average Bonchev–Trinajstić information content (AvgIpc) is 2.54. The average molecular weight is 330 g/mol. The molecule has 130 valence electrons. The van der Waals surface area contributed by atoms with Crippen LogP contribution in [0.1, 0.15) is 25.8 Å². The summed E-state index contributed by atoms with van der Waals surface area (Å²) < 4.78 is 5.25. The Morgan fingerprint density at radius 2 is 2.08 bits per heavy atom. The van der Waals surface area contributed by atoms with E-state index >= 15 is 0 Å². The molecule has 1 unspecified atom stereocenters. The first-order valence-electron chi connectivity index (χ1n) is 8.29. The molecule has 1 aliphatic rings. The number of rotatable bonds is 8. The van der Waals surface area contributed by atoms with Gasteiger partial charge in [0.1, 0.15) is 11.5 Å². The van der Waals surface area contributed by atoms with Gasteiger partial charge in [0.15, 0.2) is 6.61 Å². The van der Waals surface area contributed by atoms with Crippen LogP contribution in [0.3, 0.4) is 0 Å². The molecule has 1 amide bonds. The van der Waals surface area contributed by atoms with Gasteiger partial charge >= 0.3 is 0 Å². The van der Waals surface area contributed by atoms with E-state index in [1.165, 1.54) is 0 Å². The summed E-state index contributed by atoms with van der Waals surface area (Å²) in [6.45, 7) is 3.99. The van der Waals surface area contributed by atoms with Gasteiger partial charge in [-0.1, -0.05) is 37.3 Å². The highest BCUT2D eigenvalue weighted by atomic mass is 16.5. The smallest absolute Gasteiger partial charge is 0.255 e. The molecule has 0 saturated heterocycles. The maximum absolute atomic E-state index is 10.8. The molecule has 0 fully saturated rings. The minimum atomic E-state index is -1.01. The van der Waals surface area contributed by atoms with E-state index in [2.05, 4.69) is 12.2 Å². The fraction of sp³-hybridized carbons (Fsp3) is 0.421. The van der Waals surface area contributed by atoms with Crippen LogP contribution in [0.25, 0.3) is 0 Å². The lowest BCUT2D eigenvalue weighted by atomic mass is 9.88. The molecule has 0 heterocycles. The Kier molecular flexibility index (Phi) is 6.17. The summed E-state index contributed by atoms with van der Waals surface area (Å²) in [6, 6.07) is 7.63. The van der Waals surface area contributed by atoms with Crippen molar-refractivity contribution in [1.82, 2.24) is 5.32 Å². The summed E-state index contributed by atoms with van der Waals surface area (Å²) >= 11 is 0. The van der Waals surface area contributed by atoms with Crippen LogP contribution in [0.4, 0.5) is 0 Å². The molecule has 2 rings (SSSR count). The molecule has 0 radical (unpaired) electrons. The minimum Gasteiger partial charge on any atom is -0.484 e. The second kappa shape index (κ2) is 8.13. The summed E-state index contributed by atoms with van der Waals surface area (Å²) in [5.74, 6) is 0.183. The van der Waals surface area contributed by atoms with Crippen molar-refractivity contribution in [2.24, 2.45) is 11.7 Å². The zero-order valence-corrected chi connectivity index (χ0v) is 14.2. The fourth-order valence-electron chi connectivity index (χ4n) is 2.95. The SMILES string of the molecule is CC[C@@H]1C=CC=CC1(O)N[C@H](C)Cc1ccc(OCC(N)=O)cc1. The van der Waals surface area contributed by atoms with Gasteiger partial charge in [-0.2, -0.15) is 0 Å². The summed E-state index contributed by atoms with van der Waals surface area (Å²) in [5, 5.41) is 14.2. The van der Waals surface area contributed by atoms with Gasteiger partial charge in [-0.15, -0.1) is 0 Å². The molecule has 1 aromatic carbocycles. The van der Waals surface area contributed by atoms with Crippen molar-refractivity contribution >= 4 is 5.91 Å². The second-order valence-corrected chi connectivity index (χ2v) is 6.23. The Labute approximate surface area is 143 Å². The number of carbonyl (C=O) groups excluding carboxylic acids is 1. The predicted molar refractivity (Wildman–Crippen MR) is 94.4 cm³/mol. The van der Waals surface area contributed by atoms with Gasteiger partial charge < -0.3 is 15.6 Å². The Morgan fingerprint density at radius 1 is 1.38 bits per heavy atom. The van der Waals surface area contributed by atoms with E-state index < -0.39 is 11.6 Å². The van der Waals surface area contributed by atoms with Gasteiger partial charge in [0.25, 0.3) is 5.91 Å². The Hall–Kier alpha value is -2.11. The zero-order chi connectivity index (χ0) is 17.6. The summed E-state index contributed by atoms with van der Waals surface area (Å²) in [5.41, 5.74) is 5.17. The highest BCUT2D eigenvalue weighted by Crippen LogP contribution is 2.26. The first-order valence-corrected chi connectivity index (χ1v) is 8.29. The van der Waals surface area contributed by atoms with Gasteiger partial charge in [-0.25, -0.2) is 0 Å². The molecule has 0 aromatic heterocycles. The lowest BCUT2D eigenvalue weighted by Gasteiger charge is -2.36. The topological polar surface area (TPSA) is 84.6 Å². The van der Waals surface area contributed by atoms with Crippen LogP contribution < -0.4 is 15.8 Å². The standard InChI is InChI=1S/C19H26N2O3/c1-3-16-6-4-5-11-19(16,23)21-14(2)12-15-7-9-17(10-8-15)24-13-18(20)22/h4-11,14,16,21,23H,3,12-13H2,1-2H3,(H2,20,22)/t14-,16-,19?/m1/s1. The maximum atomic E-state index is 10.8. The van der Waals surface area contributed by atoms with Crippen LogP contribution in [0, 0.1) is 5.92 Å². The molecule has 1 aliphatic carbocycles. The van der Waals surface area contributed by atoms with Crippen molar-refractivity contribution in [2.75, 3.05) is 6.61 Å². The molecule has 5 heteroatoms. The van der Waals surface area contributed by atoms with Crippen molar-refractivity contribution < 1.29 is 14.6 Å². The van der Waals surface area contributed by atoms with E-state index in [0.29, 0.717) is 5.75 Å². The van der Waals surface area contributed by atoms with Crippen molar-refractivity contribution in [3.8, 4) is 5.75 Å². The number of nitrogens with one attached hydrogen (secondary N) is 1. The van der Waals surface area contributed by atoms with Crippen LogP contribution in [0.5, 0.6) is 5.75 Å². The molecule has 0 aliphatic heterocycles. The first kappa shape index (κ1) is 18.2. The molecule has 0 saturated carbocycles. The molecule has 1 aromatic rings. The van der Waals surface area contributed by atoms with Crippen LogP contribution in [0.2, 0.25) is 0 Å². The third-order valence-corrected chi connectivity index (χ3v) is 4.13. The number of hydrogen-bond donors (Lipinski definition) is 3. The number of primary amides is 1. The number of benzene rings is 1. The van der Waals surface area contributed by atoms with Crippen LogP contribution in [0.15, 0.2) is 48.6 Å². The van der Waals surface area contributed by atoms with E-state index in [9.17, 15) is 9.90 Å². The van der Waals surface area contributed by atoms with Crippen molar-refractivity contribution in [3.05, 3.63) is 54.1 Å². The van der Waals surface area contributed by atoms with Gasteiger partial charge in [0.05, 0.1) is 0 Å². The zero-order valence-electron chi connectivity index (χ0n) is 14.2. The Bertz CT molecular complexity index is 610. The summed E-state index contributed by atoms with van der Waals surface area (Å²) in [4.78, 5) is 10.7.